The molecule has 0 aliphatic carbocycles. The van der Waals surface area contributed by atoms with Gasteiger partial charge in [-0.3, -0.25) is 4.79 Å². The Morgan fingerprint density at radius 1 is 1.38 bits per heavy atom. The average molecular weight is 311 g/mol. The van der Waals surface area contributed by atoms with E-state index < -0.39 is 5.97 Å². The summed E-state index contributed by atoms with van der Waals surface area (Å²) >= 11 is 6.16. The van der Waals surface area contributed by atoms with E-state index in [4.69, 9.17) is 16.7 Å². The van der Waals surface area contributed by atoms with Crippen LogP contribution in [0.1, 0.15) is 24.8 Å². The van der Waals surface area contributed by atoms with E-state index in [1.54, 1.807) is 4.90 Å². The van der Waals surface area contributed by atoms with Crippen LogP contribution < -0.4 is 5.32 Å². The highest BCUT2D eigenvalue weighted by atomic mass is 35.5. The van der Waals surface area contributed by atoms with E-state index in [9.17, 15) is 9.59 Å². The van der Waals surface area contributed by atoms with Crippen LogP contribution in [-0.4, -0.2) is 41.1 Å². The standard InChI is InChI=1S/C15H19ClN2O3/c16-13-6-2-1-4-11(13)10-12-5-3-9-18(12)15(21)17-8-7-14(19)20/h1-2,4,6,12H,3,5,7-10H2,(H,17,21)(H,19,20). The smallest absolute Gasteiger partial charge is 0.317 e. The zero-order valence-electron chi connectivity index (χ0n) is 11.7. The molecule has 1 aromatic carbocycles. The predicted octanol–water partition coefficient (Wildman–Crippen LogP) is 2.53. The minimum absolute atomic E-state index is 0.0608. The van der Waals surface area contributed by atoms with E-state index in [-0.39, 0.29) is 25.0 Å². The maximum Gasteiger partial charge on any atom is 0.317 e. The zero-order valence-corrected chi connectivity index (χ0v) is 12.5. The number of carbonyl (C=O) groups is 2. The van der Waals surface area contributed by atoms with Gasteiger partial charge in [0.2, 0.25) is 0 Å². The largest absolute Gasteiger partial charge is 0.481 e. The molecule has 2 rings (SSSR count). The van der Waals surface area contributed by atoms with Crippen molar-refractivity contribution in [3.63, 3.8) is 0 Å². The number of carbonyl (C=O) groups excluding carboxylic acids is 1. The quantitative estimate of drug-likeness (QED) is 0.878. The first-order valence-electron chi connectivity index (χ1n) is 7.07. The maximum atomic E-state index is 12.1. The Morgan fingerprint density at radius 3 is 2.86 bits per heavy atom. The Bertz CT molecular complexity index is 521. The Kier molecular flexibility index (Phi) is 5.44. The molecule has 1 atom stereocenters. The molecule has 1 heterocycles. The molecule has 1 fully saturated rings. The van der Waals surface area contributed by atoms with Crippen molar-refractivity contribution in [3.05, 3.63) is 34.9 Å². The van der Waals surface area contributed by atoms with Crippen molar-refractivity contribution in [2.24, 2.45) is 0 Å². The molecular weight excluding hydrogens is 292 g/mol. The number of nitrogens with zero attached hydrogens (tertiary/aromatic N) is 1. The fourth-order valence-electron chi connectivity index (χ4n) is 2.61. The summed E-state index contributed by atoms with van der Waals surface area (Å²) in [7, 11) is 0. The first-order valence-corrected chi connectivity index (χ1v) is 7.45. The van der Waals surface area contributed by atoms with Gasteiger partial charge in [0.25, 0.3) is 0 Å². The van der Waals surface area contributed by atoms with Crippen LogP contribution in [-0.2, 0) is 11.2 Å². The van der Waals surface area contributed by atoms with Crippen LogP contribution in [0.2, 0.25) is 5.02 Å². The summed E-state index contributed by atoms with van der Waals surface area (Å²) in [4.78, 5) is 24.3. The van der Waals surface area contributed by atoms with Crippen LogP contribution in [0.15, 0.2) is 24.3 Å². The molecule has 1 saturated heterocycles. The van der Waals surface area contributed by atoms with Crippen molar-refractivity contribution in [2.45, 2.75) is 31.7 Å². The van der Waals surface area contributed by atoms with Gasteiger partial charge in [-0.05, 0) is 30.9 Å². The number of halogens is 1. The normalized spacial score (nSPS) is 17.8. The summed E-state index contributed by atoms with van der Waals surface area (Å²) in [5.41, 5.74) is 1.04. The van der Waals surface area contributed by atoms with E-state index in [2.05, 4.69) is 5.32 Å². The van der Waals surface area contributed by atoms with Gasteiger partial charge in [0.1, 0.15) is 0 Å². The lowest BCUT2D eigenvalue weighted by Crippen LogP contribution is -2.44. The molecule has 0 spiro atoms. The molecule has 1 aliphatic rings. The van der Waals surface area contributed by atoms with Gasteiger partial charge in [-0.25, -0.2) is 4.79 Å². The van der Waals surface area contributed by atoms with Gasteiger partial charge in [-0.15, -0.1) is 0 Å². The van der Waals surface area contributed by atoms with Crippen molar-refractivity contribution in [3.8, 4) is 0 Å². The molecule has 0 bridgehead atoms. The van der Waals surface area contributed by atoms with Crippen LogP contribution in [0.25, 0.3) is 0 Å². The lowest BCUT2D eigenvalue weighted by Gasteiger charge is -2.25. The van der Waals surface area contributed by atoms with Gasteiger partial charge in [-0.2, -0.15) is 0 Å². The van der Waals surface area contributed by atoms with E-state index in [0.717, 1.165) is 29.8 Å². The Hall–Kier alpha value is -1.75. The minimum Gasteiger partial charge on any atom is -0.481 e. The van der Waals surface area contributed by atoms with Crippen molar-refractivity contribution in [1.29, 1.82) is 0 Å². The molecule has 6 heteroatoms. The summed E-state index contributed by atoms with van der Waals surface area (Å²) in [5, 5.41) is 12.0. The molecule has 21 heavy (non-hydrogen) atoms. The van der Waals surface area contributed by atoms with Crippen molar-refractivity contribution in [1.82, 2.24) is 10.2 Å². The SMILES string of the molecule is O=C(O)CCNC(=O)N1CCCC1Cc1ccccc1Cl. The number of amides is 2. The number of carboxylic acid groups (broad SMARTS) is 1. The van der Waals surface area contributed by atoms with Crippen LogP contribution in [0.4, 0.5) is 4.79 Å². The lowest BCUT2D eigenvalue weighted by molar-refractivity contribution is -0.136. The summed E-state index contributed by atoms with van der Waals surface area (Å²) in [5.74, 6) is -0.913. The van der Waals surface area contributed by atoms with Crippen molar-refractivity contribution in [2.75, 3.05) is 13.1 Å². The Balaban J connectivity index is 1.92. The van der Waals surface area contributed by atoms with Gasteiger partial charge >= 0.3 is 12.0 Å². The molecule has 5 nitrogen and oxygen atoms in total. The highest BCUT2D eigenvalue weighted by molar-refractivity contribution is 6.31. The molecule has 0 aromatic heterocycles. The van der Waals surface area contributed by atoms with Gasteiger partial charge in [0, 0.05) is 24.2 Å². The predicted molar refractivity (Wildman–Crippen MR) is 80.5 cm³/mol. The number of hydrogen-bond donors (Lipinski definition) is 2. The highest BCUT2D eigenvalue weighted by Gasteiger charge is 2.29. The van der Waals surface area contributed by atoms with Gasteiger partial charge in [-0.1, -0.05) is 29.8 Å². The third-order valence-corrected chi connectivity index (χ3v) is 4.04. The monoisotopic (exact) mass is 310 g/mol. The van der Waals surface area contributed by atoms with E-state index in [0.29, 0.717) is 6.54 Å². The van der Waals surface area contributed by atoms with E-state index in [1.165, 1.54) is 0 Å². The van der Waals surface area contributed by atoms with E-state index in [1.807, 2.05) is 24.3 Å². The zero-order chi connectivity index (χ0) is 15.2. The van der Waals surface area contributed by atoms with Crippen LogP contribution >= 0.6 is 11.6 Å². The Morgan fingerprint density at radius 2 is 2.14 bits per heavy atom. The number of benzene rings is 1. The summed E-state index contributed by atoms with van der Waals surface area (Å²) in [6, 6.07) is 7.58. The minimum atomic E-state index is -0.913. The summed E-state index contributed by atoms with van der Waals surface area (Å²) < 4.78 is 0. The number of hydrogen-bond acceptors (Lipinski definition) is 2. The number of carboxylic acids is 1. The molecular formula is C15H19ClN2O3. The van der Waals surface area contributed by atoms with E-state index >= 15 is 0 Å². The van der Waals surface area contributed by atoms with Gasteiger partial charge in [0.05, 0.1) is 6.42 Å². The number of aliphatic carboxylic acids is 1. The second-order valence-corrected chi connectivity index (χ2v) is 5.57. The maximum absolute atomic E-state index is 12.1. The number of nitrogens with one attached hydrogen (secondary N) is 1. The molecule has 1 aliphatic heterocycles. The molecule has 0 radical (unpaired) electrons. The third kappa shape index (κ3) is 4.36. The summed E-state index contributed by atoms with van der Waals surface area (Å²) in [6.07, 6.45) is 2.57. The van der Waals surface area contributed by atoms with Gasteiger partial charge < -0.3 is 15.3 Å². The number of rotatable bonds is 5. The number of urea groups is 1. The summed E-state index contributed by atoms with van der Waals surface area (Å²) in [6.45, 7) is 0.859. The molecule has 114 valence electrons. The van der Waals surface area contributed by atoms with Gasteiger partial charge in [0.15, 0.2) is 0 Å². The fraction of sp³-hybridized carbons (Fsp3) is 0.467. The lowest BCUT2D eigenvalue weighted by atomic mass is 10.0. The second-order valence-electron chi connectivity index (χ2n) is 5.16. The van der Waals surface area contributed by atoms with Crippen molar-refractivity contribution >= 4 is 23.6 Å². The molecule has 2 N–H and O–H groups in total. The Labute approximate surface area is 128 Å². The topological polar surface area (TPSA) is 69.6 Å². The molecule has 2 amide bonds. The number of likely N-dealkylation sites (tertiary alicyclic amines) is 1. The van der Waals surface area contributed by atoms with Crippen LogP contribution in [0.5, 0.6) is 0 Å². The van der Waals surface area contributed by atoms with Crippen molar-refractivity contribution < 1.29 is 14.7 Å². The first kappa shape index (κ1) is 15.6. The molecule has 1 unspecified atom stereocenters. The average Bonchev–Trinajstić information content (AvgIpc) is 2.89. The van der Waals surface area contributed by atoms with Crippen LogP contribution in [0.3, 0.4) is 0 Å². The highest BCUT2D eigenvalue weighted by Crippen LogP contribution is 2.24. The molecule has 0 saturated carbocycles. The molecule has 1 aromatic rings. The second kappa shape index (κ2) is 7.31. The fourth-order valence-corrected chi connectivity index (χ4v) is 2.82. The van der Waals surface area contributed by atoms with Crippen LogP contribution in [0, 0.1) is 0 Å². The third-order valence-electron chi connectivity index (χ3n) is 3.67. The first-order chi connectivity index (χ1) is 10.1.